The van der Waals surface area contributed by atoms with E-state index in [1.807, 2.05) is 83.6 Å². The van der Waals surface area contributed by atoms with Gasteiger partial charge in [-0.2, -0.15) is 5.10 Å². The molecule has 180 valence electrons. The first-order valence-corrected chi connectivity index (χ1v) is 12.6. The number of rotatable bonds is 9. The third kappa shape index (κ3) is 6.86. The van der Waals surface area contributed by atoms with E-state index in [1.165, 1.54) is 11.1 Å². The number of nitrogens with zero attached hydrogens (tertiary/aromatic N) is 9. The van der Waals surface area contributed by atoms with Crippen LogP contribution in [0.4, 0.5) is 0 Å². The molecule has 0 N–H and O–H groups in total. The highest BCUT2D eigenvalue weighted by atomic mass is 32.2. The van der Waals surface area contributed by atoms with Crippen LogP contribution in [0.3, 0.4) is 0 Å². The lowest BCUT2D eigenvalue weighted by Crippen LogP contribution is -2.04. The second-order valence-electron chi connectivity index (χ2n) is 7.67. The van der Waals surface area contributed by atoms with Crippen molar-refractivity contribution < 1.29 is 0 Å². The van der Waals surface area contributed by atoms with Crippen LogP contribution in [0.25, 0.3) is 0 Å². The smallest absolute Gasteiger partial charge is 0.187 e. The zero-order chi connectivity index (χ0) is 24.5. The van der Waals surface area contributed by atoms with Gasteiger partial charge in [-0.05, 0) is 18.1 Å². The number of thioether (sulfide) groups is 1. The molecule has 9 nitrogen and oxygen atoms in total. The van der Waals surface area contributed by atoms with Crippen LogP contribution in [-0.2, 0) is 25.4 Å². The molecule has 10 heteroatoms. The second kappa shape index (κ2) is 12.1. The lowest BCUT2D eigenvalue weighted by Gasteiger charge is -2.02. The molecule has 0 amide bonds. The molecule has 0 saturated heterocycles. The highest BCUT2D eigenvalue weighted by Crippen LogP contribution is 2.21. The summed E-state index contributed by atoms with van der Waals surface area (Å²) in [5.41, 5.74) is 4.11. The number of aromatic nitrogens is 9. The molecule has 2 aromatic carbocycles. The summed E-state index contributed by atoms with van der Waals surface area (Å²) in [5, 5.41) is 22.5. The van der Waals surface area contributed by atoms with E-state index < -0.39 is 0 Å². The van der Waals surface area contributed by atoms with E-state index in [2.05, 4.69) is 55.0 Å². The highest BCUT2D eigenvalue weighted by molar-refractivity contribution is 7.98. The number of hydrogen-bond donors (Lipinski definition) is 0. The van der Waals surface area contributed by atoms with Gasteiger partial charge in [-0.3, -0.25) is 0 Å². The lowest BCUT2D eigenvalue weighted by molar-refractivity contribution is 0.603. The van der Waals surface area contributed by atoms with Crippen LogP contribution in [0.15, 0.2) is 78.2 Å². The quantitative estimate of drug-likeness (QED) is 0.287. The maximum absolute atomic E-state index is 4.58. The Morgan fingerprint density at radius 3 is 1.86 bits per heavy atom. The highest BCUT2D eigenvalue weighted by Gasteiger charge is 2.12. The first kappa shape index (κ1) is 24.3. The molecule has 0 aliphatic carbocycles. The molecule has 35 heavy (non-hydrogen) atoms. The zero-order valence-electron chi connectivity index (χ0n) is 20.2. The number of hydrogen-bond acceptors (Lipinski definition) is 7. The van der Waals surface area contributed by atoms with Crippen molar-refractivity contribution in [2.45, 2.75) is 51.3 Å². The van der Waals surface area contributed by atoms with Gasteiger partial charge in [0.05, 0.1) is 31.5 Å². The lowest BCUT2D eigenvalue weighted by atomic mass is 10.2. The molecular formula is C25H29N9S. The van der Waals surface area contributed by atoms with Crippen molar-refractivity contribution in [1.29, 1.82) is 0 Å². The Hall–Kier alpha value is -3.79. The maximum atomic E-state index is 4.58. The molecule has 0 bridgehead atoms. The Labute approximate surface area is 209 Å². The molecule has 0 atom stereocenters. The first-order chi connectivity index (χ1) is 17.2. The SMILES string of the molecule is CC.Cc1nc(SCc2cn(Cc3ccccc3)nn2)n(Cc2cn(Cc3ccccc3)nn2)n1. The minimum Gasteiger partial charge on any atom is -0.248 e. The Kier molecular flexibility index (Phi) is 8.39. The van der Waals surface area contributed by atoms with Gasteiger partial charge in [0.2, 0.25) is 0 Å². The molecule has 0 unspecified atom stereocenters. The fraction of sp³-hybridized carbons (Fsp3) is 0.280. The number of benzene rings is 2. The van der Waals surface area contributed by atoms with E-state index in [4.69, 9.17) is 0 Å². The van der Waals surface area contributed by atoms with Gasteiger partial charge >= 0.3 is 0 Å². The van der Waals surface area contributed by atoms with Crippen molar-refractivity contribution in [2.75, 3.05) is 0 Å². The van der Waals surface area contributed by atoms with E-state index in [-0.39, 0.29) is 0 Å². The first-order valence-electron chi connectivity index (χ1n) is 11.6. The van der Waals surface area contributed by atoms with Gasteiger partial charge < -0.3 is 0 Å². The summed E-state index contributed by atoms with van der Waals surface area (Å²) in [4.78, 5) is 4.58. The Balaban J connectivity index is 0.00000141. The van der Waals surface area contributed by atoms with E-state index in [9.17, 15) is 0 Å². The molecule has 0 saturated carbocycles. The second-order valence-corrected chi connectivity index (χ2v) is 8.62. The molecule has 3 heterocycles. The molecule has 0 spiro atoms. The van der Waals surface area contributed by atoms with Crippen molar-refractivity contribution in [1.82, 2.24) is 44.8 Å². The Morgan fingerprint density at radius 2 is 1.26 bits per heavy atom. The van der Waals surface area contributed by atoms with Gasteiger partial charge in [0.25, 0.3) is 0 Å². The van der Waals surface area contributed by atoms with Gasteiger partial charge in [-0.15, -0.1) is 10.2 Å². The summed E-state index contributed by atoms with van der Waals surface area (Å²) in [7, 11) is 0. The van der Waals surface area contributed by atoms with Crippen LogP contribution in [0.5, 0.6) is 0 Å². The maximum Gasteiger partial charge on any atom is 0.187 e. The van der Waals surface area contributed by atoms with Crippen LogP contribution in [0.1, 0.15) is 42.2 Å². The fourth-order valence-corrected chi connectivity index (χ4v) is 4.31. The fourth-order valence-electron chi connectivity index (χ4n) is 3.45. The Bertz CT molecular complexity index is 1310. The van der Waals surface area contributed by atoms with Gasteiger partial charge in [-0.25, -0.2) is 19.0 Å². The average molecular weight is 488 g/mol. The van der Waals surface area contributed by atoms with E-state index >= 15 is 0 Å². The predicted molar refractivity (Wildman–Crippen MR) is 136 cm³/mol. The molecule has 0 aliphatic heterocycles. The topological polar surface area (TPSA) is 92.1 Å². The predicted octanol–water partition coefficient (Wildman–Crippen LogP) is 4.23. The molecule has 0 radical (unpaired) electrons. The van der Waals surface area contributed by atoms with Crippen molar-refractivity contribution >= 4 is 11.8 Å². The van der Waals surface area contributed by atoms with Crippen LogP contribution in [-0.4, -0.2) is 44.8 Å². The van der Waals surface area contributed by atoms with Crippen LogP contribution < -0.4 is 0 Å². The summed E-state index contributed by atoms with van der Waals surface area (Å²) in [5.74, 6) is 1.38. The van der Waals surface area contributed by atoms with Crippen LogP contribution >= 0.6 is 11.8 Å². The molecule has 0 fully saturated rings. The molecule has 3 aromatic heterocycles. The van der Waals surface area contributed by atoms with Crippen molar-refractivity contribution in [3.8, 4) is 0 Å². The van der Waals surface area contributed by atoms with Gasteiger partial charge in [0, 0.05) is 11.9 Å². The summed E-state index contributed by atoms with van der Waals surface area (Å²) in [6, 6.07) is 20.4. The zero-order valence-corrected chi connectivity index (χ0v) is 21.0. The minimum absolute atomic E-state index is 0.513. The molecular weight excluding hydrogens is 458 g/mol. The summed E-state index contributed by atoms with van der Waals surface area (Å²) >= 11 is 1.59. The third-order valence-electron chi connectivity index (χ3n) is 4.95. The van der Waals surface area contributed by atoms with E-state index in [1.54, 1.807) is 11.8 Å². The summed E-state index contributed by atoms with van der Waals surface area (Å²) < 4.78 is 5.56. The van der Waals surface area contributed by atoms with E-state index in [0.29, 0.717) is 25.4 Å². The molecule has 5 aromatic rings. The van der Waals surface area contributed by atoms with Crippen molar-refractivity contribution in [2.24, 2.45) is 0 Å². The van der Waals surface area contributed by atoms with Crippen LogP contribution in [0, 0.1) is 6.92 Å². The number of aryl methyl sites for hydroxylation is 1. The monoisotopic (exact) mass is 487 g/mol. The molecule has 0 aliphatic rings. The van der Waals surface area contributed by atoms with Gasteiger partial charge in [0.1, 0.15) is 11.5 Å². The largest absolute Gasteiger partial charge is 0.248 e. The average Bonchev–Trinajstić information content (AvgIpc) is 3.61. The Morgan fingerprint density at radius 1 is 0.714 bits per heavy atom. The normalized spacial score (nSPS) is 10.7. The van der Waals surface area contributed by atoms with E-state index in [0.717, 1.165) is 22.4 Å². The third-order valence-corrected chi connectivity index (χ3v) is 5.95. The summed E-state index contributed by atoms with van der Waals surface area (Å²) in [6.07, 6.45) is 3.93. The van der Waals surface area contributed by atoms with Crippen molar-refractivity contribution in [3.63, 3.8) is 0 Å². The minimum atomic E-state index is 0.513. The standard InChI is InChI=1S/C23H23N9S.C2H6/c1-18-24-23(33-17-22-15-31(29-26-22)13-20-10-6-3-7-11-20)32(27-18)16-21-14-30(28-25-21)12-19-8-4-2-5-9-19;1-2/h2-11,14-15H,12-13,16-17H2,1H3;1-2H3. The van der Waals surface area contributed by atoms with Gasteiger partial charge in [-0.1, -0.05) is 96.7 Å². The van der Waals surface area contributed by atoms with Gasteiger partial charge in [0.15, 0.2) is 5.16 Å². The van der Waals surface area contributed by atoms with Crippen LogP contribution in [0.2, 0.25) is 0 Å². The summed E-state index contributed by atoms with van der Waals surface area (Å²) in [6.45, 7) is 7.79. The van der Waals surface area contributed by atoms with Crippen molar-refractivity contribution in [3.05, 3.63) is 101 Å². The molecule has 5 rings (SSSR count).